The number of carbonyl (C=O) groups excluding carboxylic acids is 1. The minimum absolute atomic E-state index is 0.0604. The van der Waals surface area contributed by atoms with E-state index in [1.165, 1.54) is 83.5 Å². The van der Waals surface area contributed by atoms with Crippen molar-refractivity contribution in [1.82, 2.24) is 5.32 Å². The minimum atomic E-state index is -4.33. The highest BCUT2D eigenvalue weighted by Gasteiger charge is 2.27. The molecule has 0 aromatic rings. The quantitative estimate of drug-likeness (QED) is 0.0278. The second-order valence-corrected chi connectivity index (χ2v) is 15.4. The Kier molecular flexibility index (Phi) is 29.4. The molecule has 0 saturated carbocycles. The predicted octanol–water partition coefficient (Wildman–Crippen LogP) is 9.41. The molecule has 1 amide bonds. The summed E-state index contributed by atoms with van der Waals surface area (Å²) in [5.41, 5.74) is 0. The van der Waals surface area contributed by atoms with Gasteiger partial charge in [0.1, 0.15) is 13.2 Å². The largest absolute Gasteiger partial charge is 0.472 e. The van der Waals surface area contributed by atoms with Gasteiger partial charge in [0.15, 0.2) is 0 Å². The Balaban J connectivity index is 4.58. The SMILES string of the molecule is CCCC/C=C\CCCCCCCC(=O)NC(COP(=O)(O)OCC[N+](C)(C)C)C(O)/C=C/CCCCCCCCCCCCC. The van der Waals surface area contributed by atoms with Crippen LogP contribution in [0, 0.1) is 0 Å². The van der Waals surface area contributed by atoms with Gasteiger partial charge in [0.25, 0.3) is 0 Å². The Morgan fingerprint density at radius 3 is 1.74 bits per heavy atom. The van der Waals surface area contributed by atoms with E-state index in [-0.39, 0.29) is 19.1 Å². The monoisotopic (exact) mass is 674 g/mol. The maximum atomic E-state index is 12.7. The van der Waals surface area contributed by atoms with E-state index in [0.717, 1.165) is 51.4 Å². The molecule has 46 heavy (non-hydrogen) atoms. The predicted molar refractivity (Wildman–Crippen MR) is 194 cm³/mol. The number of aliphatic hydroxyl groups is 1. The number of nitrogens with one attached hydrogen (secondary N) is 1. The van der Waals surface area contributed by atoms with Crippen molar-refractivity contribution in [2.45, 2.75) is 167 Å². The number of carbonyl (C=O) groups is 1. The van der Waals surface area contributed by atoms with Crippen molar-refractivity contribution >= 4 is 13.7 Å². The molecule has 0 aliphatic heterocycles. The van der Waals surface area contributed by atoms with Crippen LogP contribution in [0.5, 0.6) is 0 Å². The number of amides is 1. The Hall–Kier alpha value is -1.02. The fraction of sp³-hybridized carbons (Fsp3) is 0.865. The molecule has 0 rings (SSSR count). The first kappa shape index (κ1) is 45.0. The number of phosphoric acid groups is 1. The van der Waals surface area contributed by atoms with Crippen LogP contribution in [0.1, 0.15) is 155 Å². The number of hydrogen-bond acceptors (Lipinski definition) is 5. The van der Waals surface area contributed by atoms with Crippen LogP contribution >= 0.6 is 7.82 Å². The van der Waals surface area contributed by atoms with Crippen LogP contribution < -0.4 is 5.32 Å². The van der Waals surface area contributed by atoms with Gasteiger partial charge in [-0.2, -0.15) is 0 Å². The van der Waals surface area contributed by atoms with Gasteiger partial charge in [-0.3, -0.25) is 13.8 Å². The van der Waals surface area contributed by atoms with Gasteiger partial charge in [-0.15, -0.1) is 0 Å². The molecule has 9 heteroatoms. The van der Waals surface area contributed by atoms with E-state index in [2.05, 4.69) is 31.3 Å². The summed E-state index contributed by atoms with van der Waals surface area (Å²) in [4.78, 5) is 22.9. The van der Waals surface area contributed by atoms with Gasteiger partial charge in [0, 0.05) is 6.42 Å². The summed E-state index contributed by atoms with van der Waals surface area (Å²) in [5, 5.41) is 13.7. The van der Waals surface area contributed by atoms with E-state index in [1.54, 1.807) is 6.08 Å². The molecule has 0 radical (unpaired) electrons. The molecule has 0 aromatic heterocycles. The van der Waals surface area contributed by atoms with Crippen molar-refractivity contribution in [3.8, 4) is 0 Å². The lowest BCUT2D eigenvalue weighted by molar-refractivity contribution is -0.870. The molecule has 0 saturated heterocycles. The second-order valence-electron chi connectivity index (χ2n) is 13.9. The average Bonchev–Trinajstić information content (AvgIpc) is 2.99. The summed E-state index contributed by atoms with van der Waals surface area (Å²) in [6, 6.07) is -0.844. The summed E-state index contributed by atoms with van der Waals surface area (Å²) in [7, 11) is 1.56. The highest BCUT2D eigenvalue weighted by atomic mass is 31.2. The van der Waals surface area contributed by atoms with Gasteiger partial charge in [-0.25, -0.2) is 4.57 Å². The molecule has 8 nitrogen and oxygen atoms in total. The molecule has 0 bridgehead atoms. The Morgan fingerprint density at radius 1 is 0.717 bits per heavy atom. The van der Waals surface area contributed by atoms with Crippen LogP contribution in [0.2, 0.25) is 0 Å². The van der Waals surface area contributed by atoms with Gasteiger partial charge in [0.05, 0.1) is 39.9 Å². The lowest BCUT2D eigenvalue weighted by atomic mass is 10.0. The Labute approximate surface area is 284 Å². The molecule has 0 aliphatic rings. The first-order valence-electron chi connectivity index (χ1n) is 18.7. The van der Waals surface area contributed by atoms with Crippen molar-refractivity contribution in [3.05, 3.63) is 24.3 Å². The lowest BCUT2D eigenvalue weighted by Gasteiger charge is -2.25. The number of nitrogens with zero attached hydrogens (tertiary/aromatic N) is 1. The standard InChI is InChI=1S/C37H73N2O6P/c1-6-8-10-12-14-16-18-19-21-22-24-26-28-30-36(40)35(34-45-46(42,43)44-33-32-39(3,4)5)38-37(41)31-29-27-25-23-20-17-15-13-11-9-7-2/h13,15,28,30,35-36,40H,6-12,14,16-27,29,31-34H2,1-5H3,(H-,38,41,42,43)/p+1/b15-13-,30-28+. The van der Waals surface area contributed by atoms with Crippen molar-refractivity contribution in [2.75, 3.05) is 40.9 Å². The van der Waals surface area contributed by atoms with Crippen molar-refractivity contribution < 1.29 is 32.9 Å². The molecule has 0 spiro atoms. The third-order valence-electron chi connectivity index (χ3n) is 8.17. The van der Waals surface area contributed by atoms with E-state index < -0.39 is 20.0 Å². The van der Waals surface area contributed by atoms with Gasteiger partial charge in [-0.05, 0) is 38.5 Å². The Morgan fingerprint density at radius 2 is 1.20 bits per heavy atom. The average molecular weight is 674 g/mol. The third-order valence-corrected chi connectivity index (χ3v) is 9.15. The third kappa shape index (κ3) is 31.6. The summed E-state index contributed by atoms with van der Waals surface area (Å²) in [6.45, 7) is 4.74. The van der Waals surface area contributed by atoms with Crippen LogP contribution in [-0.4, -0.2) is 73.4 Å². The van der Waals surface area contributed by atoms with Gasteiger partial charge in [0.2, 0.25) is 5.91 Å². The van der Waals surface area contributed by atoms with Crippen LogP contribution in [0.25, 0.3) is 0 Å². The Bertz CT molecular complexity index is 814. The van der Waals surface area contributed by atoms with Crippen LogP contribution in [0.3, 0.4) is 0 Å². The van der Waals surface area contributed by atoms with E-state index in [0.29, 0.717) is 17.4 Å². The van der Waals surface area contributed by atoms with Gasteiger partial charge in [-0.1, -0.05) is 134 Å². The summed E-state index contributed by atoms with van der Waals surface area (Å²) in [5.74, 6) is -0.191. The fourth-order valence-electron chi connectivity index (χ4n) is 5.08. The number of hydrogen-bond donors (Lipinski definition) is 3. The van der Waals surface area contributed by atoms with Gasteiger partial charge < -0.3 is 19.8 Å². The highest BCUT2D eigenvalue weighted by Crippen LogP contribution is 2.43. The first-order chi connectivity index (χ1) is 22.0. The number of quaternary nitrogens is 1. The topological polar surface area (TPSA) is 105 Å². The van der Waals surface area contributed by atoms with Crippen LogP contribution in [0.15, 0.2) is 24.3 Å². The second kappa shape index (κ2) is 30.1. The molecule has 3 N–H and O–H groups in total. The molecule has 3 atom stereocenters. The molecule has 0 aliphatic carbocycles. The normalized spacial score (nSPS) is 15.0. The number of likely N-dealkylation sites (N-methyl/N-ethyl adjacent to an activating group) is 1. The van der Waals surface area contributed by atoms with E-state index >= 15 is 0 Å². The smallest absolute Gasteiger partial charge is 0.387 e. The summed E-state index contributed by atoms with van der Waals surface area (Å²) >= 11 is 0. The maximum absolute atomic E-state index is 12.7. The molecular formula is C37H74N2O6P+. The number of allylic oxidation sites excluding steroid dienone is 3. The molecule has 0 aromatic carbocycles. The zero-order valence-electron chi connectivity index (χ0n) is 30.6. The minimum Gasteiger partial charge on any atom is -0.387 e. The van der Waals surface area contributed by atoms with E-state index in [1.807, 2.05) is 27.2 Å². The summed E-state index contributed by atoms with van der Waals surface area (Å²) < 4.78 is 23.4. The molecular weight excluding hydrogens is 599 g/mol. The van der Waals surface area contributed by atoms with Crippen LogP contribution in [-0.2, 0) is 18.4 Å². The number of rotatable bonds is 33. The van der Waals surface area contributed by atoms with E-state index in [9.17, 15) is 19.4 Å². The van der Waals surface area contributed by atoms with Crippen molar-refractivity contribution in [3.63, 3.8) is 0 Å². The van der Waals surface area contributed by atoms with E-state index in [4.69, 9.17) is 9.05 Å². The van der Waals surface area contributed by atoms with Crippen molar-refractivity contribution in [1.29, 1.82) is 0 Å². The van der Waals surface area contributed by atoms with Crippen molar-refractivity contribution in [2.24, 2.45) is 0 Å². The summed E-state index contributed by atoms with van der Waals surface area (Å²) in [6.07, 6.45) is 32.3. The molecule has 3 unspecified atom stereocenters. The van der Waals surface area contributed by atoms with Gasteiger partial charge >= 0.3 is 7.82 Å². The lowest BCUT2D eigenvalue weighted by Crippen LogP contribution is -2.45. The first-order valence-corrected chi connectivity index (χ1v) is 20.2. The fourth-order valence-corrected chi connectivity index (χ4v) is 5.81. The highest BCUT2D eigenvalue weighted by molar-refractivity contribution is 7.47. The molecule has 0 fully saturated rings. The zero-order chi connectivity index (χ0) is 34.4. The molecule has 0 heterocycles. The number of aliphatic hydroxyl groups excluding tert-OH is 1. The number of unbranched alkanes of at least 4 members (excludes halogenated alkanes) is 18. The van der Waals surface area contributed by atoms with Crippen LogP contribution in [0.4, 0.5) is 0 Å². The molecule has 272 valence electrons. The zero-order valence-corrected chi connectivity index (χ0v) is 31.5. The maximum Gasteiger partial charge on any atom is 0.472 e. The number of phosphoric ester groups is 1.